The number of ether oxygens (including phenoxy) is 1. The number of aryl methyl sites for hydroxylation is 1. The van der Waals surface area contributed by atoms with Crippen LogP contribution in [0.25, 0.3) is 0 Å². The molecular weight excluding hydrogens is 238 g/mol. The first-order chi connectivity index (χ1) is 9.20. The Morgan fingerprint density at radius 3 is 2.74 bits per heavy atom. The Bertz CT molecular complexity index is 555. The maximum Gasteiger partial charge on any atom is 0.142 e. The van der Waals surface area contributed by atoms with Crippen molar-refractivity contribution in [3.05, 3.63) is 42.1 Å². The van der Waals surface area contributed by atoms with Gasteiger partial charge in [0.05, 0.1) is 23.7 Å². The van der Waals surface area contributed by atoms with Gasteiger partial charge < -0.3 is 15.8 Å². The number of nitrogen functional groups attached to an aromatic ring is 1. The quantitative estimate of drug-likeness (QED) is 0.860. The van der Waals surface area contributed by atoms with Crippen molar-refractivity contribution in [2.24, 2.45) is 0 Å². The van der Waals surface area contributed by atoms with Gasteiger partial charge in [0, 0.05) is 0 Å². The van der Waals surface area contributed by atoms with E-state index in [-0.39, 0.29) is 0 Å². The van der Waals surface area contributed by atoms with Crippen LogP contribution in [0.15, 0.2) is 36.4 Å². The van der Waals surface area contributed by atoms with Crippen LogP contribution in [-0.4, -0.2) is 11.6 Å². The lowest BCUT2D eigenvalue weighted by Crippen LogP contribution is -2.01. The van der Waals surface area contributed by atoms with Crippen LogP contribution in [0.5, 0.6) is 5.75 Å². The SMILES string of the molecule is CCCOc1ccccc1Nc1ccc(N)c(C)n1. The molecule has 0 aliphatic rings. The highest BCUT2D eigenvalue weighted by Gasteiger charge is 2.04. The minimum Gasteiger partial charge on any atom is -0.491 e. The number of aromatic nitrogens is 1. The predicted octanol–water partition coefficient (Wildman–Crippen LogP) is 3.50. The standard InChI is InChI=1S/C15H19N3O/c1-3-10-19-14-7-5-4-6-13(14)18-15-9-8-12(16)11(2)17-15/h4-9H,3,10,16H2,1-2H3,(H,17,18). The van der Waals surface area contributed by atoms with Gasteiger partial charge in [0.1, 0.15) is 11.6 Å². The number of rotatable bonds is 5. The second-order valence-electron chi connectivity index (χ2n) is 4.34. The molecule has 0 saturated carbocycles. The van der Waals surface area contributed by atoms with Gasteiger partial charge in [-0.15, -0.1) is 0 Å². The molecule has 0 amide bonds. The third kappa shape index (κ3) is 3.37. The molecule has 4 nitrogen and oxygen atoms in total. The fourth-order valence-corrected chi connectivity index (χ4v) is 1.69. The van der Waals surface area contributed by atoms with Gasteiger partial charge in [0.15, 0.2) is 0 Å². The Morgan fingerprint density at radius 2 is 2.00 bits per heavy atom. The molecule has 1 aromatic heterocycles. The number of benzene rings is 1. The van der Waals surface area contributed by atoms with Gasteiger partial charge in [-0.25, -0.2) is 4.98 Å². The number of anilines is 3. The van der Waals surface area contributed by atoms with Gasteiger partial charge in [-0.2, -0.15) is 0 Å². The summed E-state index contributed by atoms with van der Waals surface area (Å²) in [5.74, 6) is 1.60. The second kappa shape index (κ2) is 6.09. The lowest BCUT2D eigenvalue weighted by molar-refractivity contribution is 0.319. The highest BCUT2D eigenvalue weighted by Crippen LogP contribution is 2.27. The van der Waals surface area contributed by atoms with Gasteiger partial charge in [-0.05, 0) is 37.6 Å². The molecule has 0 fully saturated rings. The van der Waals surface area contributed by atoms with E-state index in [1.807, 2.05) is 43.3 Å². The van der Waals surface area contributed by atoms with E-state index in [1.54, 1.807) is 0 Å². The lowest BCUT2D eigenvalue weighted by atomic mass is 10.2. The van der Waals surface area contributed by atoms with Gasteiger partial charge in [-0.3, -0.25) is 0 Å². The van der Waals surface area contributed by atoms with E-state index >= 15 is 0 Å². The summed E-state index contributed by atoms with van der Waals surface area (Å²) in [6, 6.07) is 11.5. The van der Waals surface area contributed by atoms with E-state index in [0.717, 1.165) is 29.4 Å². The molecule has 3 N–H and O–H groups in total. The highest BCUT2D eigenvalue weighted by atomic mass is 16.5. The molecule has 0 radical (unpaired) electrons. The van der Waals surface area contributed by atoms with Crippen LogP contribution < -0.4 is 15.8 Å². The normalized spacial score (nSPS) is 10.2. The van der Waals surface area contributed by atoms with Crippen LogP contribution in [0.1, 0.15) is 19.0 Å². The number of nitrogens with one attached hydrogen (secondary N) is 1. The molecule has 100 valence electrons. The zero-order chi connectivity index (χ0) is 13.7. The van der Waals surface area contributed by atoms with E-state index in [4.69, 9.17) is 10.5 Å². The van der Waals surface area contributed by atoms with Crippen molar-refractivity contribution in [2.75, 3.05) is 17.7 Å². The Hall–Kier alpha value is -2.23. The number of hydrogen-bond acceptors (Lipinski definition) is 4. The van der Waals surface area contributed by atoms with Crippen molar-refractivity contribution in [3.8, 4) is 5.75 Å². The van der Waals surface area contributed by atoms with Crippen molar-refractivity contribution in [3.63, 3.8) is 0 Å². The number of nitrogens with zero attached hydrogens (tertiary/aromatic N) is 1. The van der Waals surface area contributed by atoms with E-state index in [2.05, 4.69) is 17.2 Å². The Kier molecular flexibility index (Phi) is 4.23. The summed E-state index contributed by atoms with van der Waals surface area (Å²) in [7, 11) is 0. The minimum atomic E-state index is 0.695. The van der Waals surface area contributed by atoms with Gasteiger partial charge >= 0.3 is 0 Å². The van der Waals surface area contributed by atoms with Crippen molar-refractivity contribution in [1.29, 1.82) is 0 Å². The molecule has 19 heavy (non-hydrogen) atoms. The second-order valence-corrected chi connectivity index (χ2v) is 4.34. The summed E-state index contributed by atoms with van der Waals surface area (Å²) in [6.07, 6.45) is 0.980. The summed E-state index contributed by atoms with van der Waals surface area (Å²) in [6.45, 7) is 4.67. The van der Waals surface area contributed by atoms with Crippen LogP contribution in [0.3, 0.4) is 0 Å². The molecule has 0 aliphatic carbocycles. The molecule has 0 aliphatic heterocycles. The maximum absolute atomic E-state index is 5.76. The third-order valence-corrected chi connectivity index (χ3v) is 2.74. The van der Waals surface area contributed by atoms with Crippen LogP contribution in [-0.2, 0) is 0 Å². The summed E-state index contributed by atoms with van der Waals surface area (Å²) in [5.41, 5.74) is 8.18. The van der Waals surface area contributed by atoms with E-state index in [0.29, 0.717) is 12.3 Å². The van der Waals surface area contributed by atoms with Crippen LogP contribution in [0.4, 0.5) is 17.2 Å². The molecule has 1 heterocycles. The average molecular weight is 257 g/mol. The third-order valence-electron chi connectivity index (χ3n) is 2.74. The Labute approximate surface area is 113 Å². The largest absolute Gasteiger partial charge is 0.491 e. The number of pyridine rings is 1. The summed E-state index contributed by atoms with van der Waals surface area (Å²) < 4.78 is 5.70. The van der Waals surface area contributed by atoms with E-state index < -0.39 is 0 Å². The molecule has 0 spiro atoms. The molecule has 0 atom stereocenters. The van der Waals surface area contributed by atoms with E-state index in [9.17, 15) is 0 Å². The van der Waals surface area contributed by atoms with Gasteiger partial charge in [0.25, 0.3) is 0 Å². The fraction of sp³-hybridized carbons (Fsp3) is 0.267. The van der Waals surface area contributed by atoms with E-state index in [1.165, 1.54) is 0 Å². The zero-order valence-electron chi connectivity index (χ0n) is 11.3. The molecular formula is C15H19N3O. The molecule has 1 aromatic carbocycles. The number of nitrogens with two attached hydrogens (primary N) is 1. The Balaban J connectivity index is 2.20. The highest BCUT2D eigenvalue weighted by molar-refractivity contribution is 5.65. The van der Waals surface area contributed by atoms with Crippen molar-refractivity contribution in [2.45, 2.75) is 20.3 Å². The number of hydrogen-bond donors (Lipinski definition) is 2. The maximum atomic E-state index is 5.76. The van der Waals surface area contributed by atoms with Crippen LogP contribution in [0, 0.1) is 6.92 Å². The van der Waals surface area contributed by atoms with Crippen molar-refractivity contribution >= 4 is 17.2 Å². The number of para-hydroxylation sites is 2. The first-order valence-corrected chi connectivity index (χ1v) is 6.42. The molecule has 4 heteroatoms. The fourth-order valence-electron chi connectivity index (χ4n) is 1.69. The summed E-state index contributed by atoms with van der Waals surface area (Å²) >= 11 is 0. The summed E-state index contributed by atoms with van der Waals surface area (Å²) in [5, 5.41) is 3.26. The van der Waals surface area contributed by atoms with Crippen molar-refractivity contribution < 1.29 is 4.74 Å². The molecule has 0 unspecified atom stereocenters. The van der Waals surface area contributed by atoms with Gasteiger partial charge in [-0.1, -0.05) is 19.1 Å². The van der Waals surface area contributed by atoms with Crippen LogP contribution >= 0.6 is 0 Å². The zero-order valence-corrected chi connectivity index (χ0v) is 11.3. The predicted molar refractivity (Wildman–Crippen MR) is 78.9 cm³/mol. The van der Waals surface area contributed by atoms with Crippen molar-refractivity contribution in [1.82, 2.24) is 4.98 Å². The lowest BCUT2D eigenvalue weighted by Gasteiger charge is -2.12. The van der Waals surface area contributed by atoms with Gasteiger partial charge in [0.2, 0.25) is 0 Å². The molecule has 0 bridgehead atoms. The molecule has 0 saturated heterocycles. The Morgan fingerprint density at radius 1 is 1.21 bits per heavy atom. The first kappa shape index (κ1) is 13.2. The monoisotopic (exact) mass is 257 g/mol. The topological polar surface area (TPSA) is 60.2 Å². The smallest absolute Gasteiger partial charge is 0.142 e. The molecule has 2 aromatic rings. The first-order valence-electron chi connectivity index (χ1n) is 6.42. The summed E-state index contributed by atoms with van der Waals surface area (Å²) in [4.78, 5) is 4.40. The average Bonchev–Trinajstić information content (AvgIpc) is 2.42. The molecule has 2 rings (SSSR count). The van der Waals surface area contributed by atoms with Crippen LogP contribution in [0.2, 0.25) is 0 Å². The minimum absolute atomic E-state index is 0.695.